The van der Waals surface area contributed by atoms with Crippen LogP contribution in [0, 0.1) is 6.42 Å². The summed E-state index contributed by atoms with van der Waals surface area (Å²) < 4.78 is 0. The third-order valence-electron chi connectivity index (χ3n) is 1.12. The molecule has 1 unspecified atom stereocenters. The summed E-state index contributed by atoms with van der Waals surface area (Å²) in [5.41, 5.74) is 0. The third-order valence-corrected chi connectivity index (χ3v) is 1.12. The number of allylic oxidation sites excluding steroid dienone is 1. The van der Waals surface area contributed by atoms with Crippen molar-refractivity contribution in [3.05, 3.63) is 18.6 Å². The zero-order chi connectivity index (χ0) is 7.11. The lowest BCUT2D eigenvalue weighted by molar-refractivity contribution is 0.219. The van der Waals surface area contributed by atoms with Crippen molar-refractivity contribution in [2.45, 2.75) is 32.8 Å². The van der Waals surface area contributed by atoms with Crippen molar-refractivity contribution in [3.63, 3.8) is 0 Å². The minimum absolute atomic E-state index is 0.257. The Morgan fingerprint density at radius 2 is 2.11 bits per heavy atom. The number of aliphatic hydroxyl groups is 1. The van der Waals surface area contributed by atoms with Crippen LogP contribution in [0.2, 0.25) is 0 Å². The molecule has 0 rings (SSSR count). The summed E-state index contributed by atoms with van der Waals surface area (Å²) in [6.07, 6.45) is 7.32. The minimum Gasteiger partial charge on any atom is -0.389 e. The molecule has 0 bridgehead atoms. The first-order valence-electron chi connectivity index (χ1n) is 3.49. The molecule has 0 aliphatic rings. The number of hydrogen-bond donors (Lipinski definition) is 1. The summed E-state index contributed by atoms with van der Waals surface area (Å²) >= 11 is 0. The Bertz CT molecular complexity index is 76.6. The Kier molecular flexibility index (Phi) is 5.64. The molecule has 1 heteroatoms. The first kappa shape index (κ1) is 8.70. The van der Waals surface area contributed by atoms with E-state index in [-0.39, 0.29) is 6.10 Å². The van der Waals surface area contributed by atoms with Crippen molar-refractivity contribution >= 4 is 0 Å². The van der Waals surface area contributed by atoms with E-state index < -0.39 is 0 Å². The van der Waals surface area contributed by atoms with E-state index >= 15 is 0 Å². The second-order valence-corrected chi connectivity index (χ2v) is 2.00. The Morgan fingerprint density at radius 3 is 2.56 bits per heavy atom. The van der Waals surface area contributed by atoms with Crippen LogP contribution in [0.15, 0.2) is 12.2 Å². The van der Waals surface area contributed by atoms with E-state index in [1.54, 1.807) is 0 Å². The number of rotatable bonds is 4. The fourth-order valence-electron chi connectivity index (χ4n) is 0.479. The fraction of sp³-hybridized carbons (Fsp3) is 0.625. The van der Waals surface area contributed by atoms with Crippen LogP contribution in [0.1, 0.15) is 26.7 Å². The van der Waals surface area contributed by atoms with Crippen LogP contribution < -0.4 is 0 Å². The van der Waals surface area contributed by atoms with Crippen molar-refractivity contribution in [1.82, 2.24) is 0 Å². The summed E-state index contributed by atoms with van der Waals surface area (Å²) in [5.74, 6) is 0. The van der Waals surface area contributed by atoms with Gasteiger partial charge in [0.25, 0.3) is 0 Å². The van der Waals surface area contributed by atoms with Gasteiger partial charge in [-0.15, -0.1) is 0 Å². The van der Waals surface area contributed by atoms with Gasteiger partial charge in [-0.3, -0.25) is 0 Å². The zero-order valence-electron chi connectivity index (χ0n) is 6.17. The maximum absolute atomic E-state index is 8.98. The van der Waals surface area contributed by atoms with Crippen LogP contribution in [-0.2, 0) is 0 Å². The minimum atomic E-state index is -0.257. The average molecular weight is 127 g/mol. The van der Waals surface area contributed by atoms with Gasteiger partial charge in [0.15, 0.2) is 0 Å². The van der Waals surface area contributed by atoms with Crippen LogP contribution in [0.25, 0.3) is 0 Å². The monoisotopic (exact) mass is 127 g/mol. The normalized spacial score (nSPS) is 14.6. The molecule has 9 heavy (non-hydrogen) atoms. The maximum Gasteiger partial charge on any atom is 0.0718 e. The number of hydrogen-bond acceptors (Lipinski definition) is 1. The molecule has 1 N–H and O–H groups in total. The summed E-state index contributed by atoms with van der Waals surface area (Å²) in [6, 6.07) is 0. The highest BCUT2D eigenvalue weighted by molar-refractivity contribution is 4.97. The van der Waals surface area contributed by atoms with Gasteiger partial charge in [0.2, 0.25) is 0 Å². The van der Waals surface area contributed by atoms with Crippen LogP contribution in [0.3, 0.4) is 0 Å². The van der Waals surface area contributed by atoms with Crippen LogP contribution in [0.4, 0.5) is 0 Å². The summed E-state index contributed by atoms with van der Waals surface area (Å²) in [5, 5.41) is 8.98. The quantitative estimate of drug-likeness (QED) is 0.611. The first-order chi connectivity index (χ1) is 4.31. The topological polar surface area (TPSA) is 20.2 Å². The van der Waals surface area contributed by atoms with Gasteiger partial charge in [-0.25, -0.2) is 0 Å². The molecule has 0 aromatic rings. The molecule has 53 valence electrons. The Labute approximate surface area is 57.4 Å². The third kappa shape index (κ3) is 5.57. The van der Waals surface area contributed by atoms with Crippen LogP contribution in [0.5, 0.6) is 0 Å². The van der Waals surface area contributed by atoms with Crippen molar-refractivity contribution < 1.29 is 5.11 Å². The summed E-state index contributed by atoms with van der Waals surface area (Å²) in [4.78, 5) is 0. The highest BCUT2D eigenvalue weighted by Crippen LogP contribution is 1.93. The molecule has 0 saturated carbocycles. The lowest BCUT2D eigenvalue weighted by Gasteiger charge is -1.96. The predicted molar refractivity (Wildman–Crippen MR) is 40.0 cm³/mol. The van der Waals surface area contributed by atoms with Crippen molar-refractivity contribution in [1.29, 1.82) is 0 Å². The molecule has 0 aliphatic carbocycles. The van der Waals surface area contributed by atoms with Gasteiger partial charge in [-0.1, -0.05) is 26.0 Å². The zero-order valence-corrected chi connectivity index (χ0v) is 6.17. The molecule has 0 aromatic carbocycles. The molecule has 0 amide bonds. The number of aliphatic hydroxyl groups excluding tert-OH is 1. The molecule has 1 radical (unpaired) electrons. The Morgan fingerprint density at radius 1 is 1.44 bits per heavy atom. The summed E-state index contributed by atoms with van der Waals surface area (Å²) in [6.45, 7) is 4.03. The number of unbranched alkanes of at least 4 members (excludes halogenated alkanes) is 1. The highest BCUT2D eigenvalue weighted by Gasteiger charge is 1.89. The highest BCUT2D eigenvalue weighted by atomic mass is 16.3. The lowest BCUT2D eigenvalue weighted by atomic mass is 10.2. The van der Waals surface area contributed by atoms with Gasteiger partial charge in [0, 0.05) is 0 Å². The molecule has 0 saturated heterocycles. The molecular weight excluding hydrogens is 112 g/mol. The van der Waals surface area contributed by atoms with Crippen molar-refractivity contribution in [2.24, 2.45) is 0 Å². The second kappa shape index (κ2) is 5.83. The fourth-order valence-corrected chi connectivity index (χ4v) is 0.479. The van der Waals surface area contributed by atoms with Crippen LogP contribution >= 0.6 is 0 Å². The molecular formula is C8H15O. The van der Waals surface area contributed by atoms with E-state index in [9.17, 15) is 0 Å². The molecule has 1 atom stereocenters. The Balaban J connectivity index is 3.20. The predicted octanol–water partition coefficient (Wildman–Crippen LogP) is 1.93. The van der Waals surface area contributed by atoms with Gasteiger partial charge in [-0.05, 0) is 19.3 Å². The largest absolute Gasteiger partial charge is 0.389 e. The smallest absolute Gasteiger partial charge is 0.0718 e. The summed E-state index contributed by atoms with van der Waals surface area (Å²) in [7, 11) is 0. The van der Waals surface area contributed by atoms with E-state index in [1.165, 1.54) is 0 Å². The first-order valence-corrected chi connectivity index (χ1v) is 3.49. The Hall–Kier alpha value is -0.300. The van der Waals surface area contributed by atoms with Gasteiger partial charge >= 0.3 is 0 Å². The second-order valence-electron chi connectivity index (χ2n) is 2.00. The van der Waals surface area contributed by atoms with E-state index in [4.69, 9.17) is 5.11 Å². The molecule has 0 fully saturated rings. The maximum atomic E-state index is 8.98. The molecule has 0 aliphatic heterocycles. The van der Waals surface area contributed by atoms with Gasteiger partial charge in [0.05, 0.1) is 6.10 Å². The lowest BCUT2D eigenvalue weighted by Crippen LogP contribution is -1.97. The van der Waals surface area contributed by atoms with E-state index in [1.807, 2.05) is 25.5 Å². The van der Waals surface area contributed by atoms with E-state index in [2.05, 4.69) is 6.92 Å². The van der Waals surface area contributed by atoms with Gasteiger partial charge < -0.3 is 5.11 Å². The molecule has 0 aromatic heterocycles. The average Bonchev–Trinajstić information content (AvgIpc) is 1.89. The standard InChI is InChI=1S/C8H15O/c1-3-5-6-7-8(9)4-2/h5-9H,3-4H2,1-2H3. The van der Waals surface area contributed by atoms with E-state index in [0.717, 1.165) is 12.8 Å². The molecule has 0 spiro atoms. The molecule has 1 nitrogen and oxygen atoms in total. The van der Waals surface area contributed by atoms with Crippen LogP contribution in [-0.4, -0.2) is 11.2 Å². The molecule has 0 heterocycles. The van der Waals surface area contributed by atoms with Crippen molar-refractivity contribution in [3.8, 4) is 0 Å². The van der Waals surface area contributed by atoms with Gasteiger partial charge in [0.1, 0.15) is 0 Å². The van der Waals surface area contributed by atoms with Crippen molar-refractivity contribution in [2.75, 3.05) is 0 Å². The van der Waals surface area contributed by atoms with E-state index in [0.29, 0.717) is 0 Å². The SMILES string of the molecule is CC[CH]C=CC(O)CC. The van der Waals surface area contributed by atoms with Gasteiger partial charge in [-0.2, -0.15) is 0 Å².